The number of carbonyl (C=O) groups excluding carboxylic acids is 1. The van der Waals surface area contributed by atoms with E-state index < -0.39 is 17.3 Å². The number of aromatic amines is 1. The largest absolute Gasteiger partial charge is 0.438 e. The number of hydrogen-bond acceptors (Lipinski definition) is 4. The number of carbonyl (C=O) groups is 1. The molecule has 1 amide bonds. The Hall–Kier alpha value is -1.37. The summed E-state index contributed by atoms with van der Waals surface area (Å²) in [6.07, 6.45) is 0. The average Bonchev–Trinajstić information content (AvgIpc) is 2.47. The number of nitrogens with zero attached hydrogens (tertiary/aromatic N) is 1. The molecule has 72 valence electrons. The van der Waals surface area contributed by atoms with Crippen LogP contribution in [-0.4, -0.2) is 21.7 Å². The summed E-state index contributed by atoms with van der Waals surface area (Å²) < 4.78 is 16.2. The number of halogens is 2. The number of hydrogen-bond donors (Lipinski definition) is 2. The van der Waals surface area contributed by atoms with Gasteiger partial charge in [0.25, 0.3) is 11.5 Å². The monoisotopic (exact) mass is 209 g/mol. The fraction of sp³-hybridized carbons (Fsp3) is 0.400. The van der Waals surface area contributed by atoms with E-state index in [1.807, 2.05) is 0 Å². The molecule has 0 saturated carbocycles. The molecule has 1 heterocycles. The maximum atomic E-state index is 12.0. The first-order chi connectivity index (χ1) is 6.09. The van der Waals surface area contributed by atoms with Gasteiger partial charge < -0.3 is 5.32 Å². The highest BCUT2D eigenvalue weighted by molar-refractivity contribution is 6.29. The Morgan fingerprint density at radius 1 is 1.85 bits per heavy atom. The fourth-order valence-electron chi connectivity index (χ4n) is 0.584. The Balaban J connectivity index is 2.44. The lowest BCUT2D eigenvalue weighted by atomic mass is 10.5. The summed E-state index contributed by atoms with van der Waals surface area (Å²) >= 11 is 4.81. The number of rotatable bonds is 3. The molecule has 0 saturated heterocycles. The molecule has 0 aliphatic carbocycles. The summed E-state index contributed by atoms with van der Waals surface area (Å²) in [6.45, 7) is -0.141. The highest BCUT2D eigenvalue weighted by atomic mass is 35.5. The Labute approximate surface area is 76.1 Å². The first-order valence-corrected chi connectivity index (χ1v) is 3.64. The molecule has 6 nitrogen and oxygen atoms in total. The maximum Gasteiger partial charge on any atom is 0.438 e. The third kappa shape index (κ3) is 2.86. The minimum atomic E-state index is -2.11. The lowest BCUT2D eigenvalue weighted by Crippen LogP contribution is -2.28. The molecule has 1 aromatic heterocycles. The average molecular weight is 210 g/mol. The number of amides is 1. The number of H-pyrrole nitrogens is 1. The summed E-state index contributed by atoms with van der Waals surface area (Å²) in [5.41, 5.74) is -2.11. The molecule has 0 aromatic carbocycles. The molecule has 0 aliphatic rings. The van der Waals surface area contributed by atoms with Crippen LogP contribution in [0.3, 0.4) is 0 Å². The van der Waals surface area contributed by atoms with E-state index in [1.54, 1.807) is 0 Å². The van der Waals surface area contributed by atoms with Gasteiger partial charge in [-0.15, -0.1) is 0 Å². The van der Waals surface area contributed by atoms with Gasteiger partial charge in [-0.1, -0.05) is 16.8 Å². The van der Waals surface area contributed by atoms with Crippen molar-refractivity contribution in [1.29, 1.82) is 0 Å². The van der Waals surface area contributed by atoms with Crippen LogP contribution < -0.4 is 11.1 Å². The van der Waals surface area contributed by atoms with Gasteiger partial charge in [0.15, 0.2) is 5.82 Å². The van der Waals surface area contributed by atoms with Crippen LogP contribution in [0.5, 0.6) is 0 Å². The Bertz CT molecular complexity index is 347. The maximum absolute atomic E-state index is 12.0. The van der Waals surface area contributed by atoms with E-state index in [0.717, 1.165) is 0 Å². The molecule has 1 aromatic rings. The minimum absolute atomic E-state index is 0.0932. The number of aromatic nitrogens is 2. The summed E-state index contributed by atoms with van der Waals surface area (Å²) in [5.74, 6) is -1.65. The van der Waals surface area contributed by atoms with E-state index in [-0.39, 0.29) is 12.4 Å². The van der Waals surface area contributed by atoms with Gasteiger partial charge in [-0.2, -0.15) is 0 Å². The van der Waals surface area contributed by atoms with Crippen LogP contribution in [0.2, 0.25) is 0 Å². The molecule has 0 radical (unpaired) electrons. The van der Waals surface area contributed by atoms with E-state index in [2.05, 4.69) is 20.0 Å². The number of alkyl halides is 2. The van der Waals surface area contributed by atoms with Crippen molar-refractivity contribution in [3.05, 3.63) is 16.4 Å². The second-order valence-electron chi connectivity index (χ2n) is 2.06. The number of nitrogens with one attached hydrogen (secondary N) is 2. The van der Waals surface area contributed by atoms with Crippen LogP contribution in [0, 0.1) is 0 Å². The quantitative estimate of drug-likeness (QED) is 0.658. The Morgan fingerprint density at radius 3 is 3.00 bits per heavy atom. The molecule has 13 heavy (non-hydrogen) atoms. The van der Waals surface area contributed by atoms with E-state index in [1.165, 1.54) is 0 Å². The van der Waals surface area contributed by atoms with Crippen molar-refractivity contribution in [3.8, 4) is 0 Å². The molecule has 0 aliphatic heterocycles. The van der Waals surface area contributed by atoms with Crippen molar-refractivity contribution in [3.63, 3.8) is 0 Å². The topological polar surface area (TPSA) is 88.0 Å². The summed E-state index contributed by atoms with van der Waals surface area (Å²) in [7, 11) is 0. The summed E-state index contributed by atoms with van der Waals surface area (Å²) in [5, 5.41) is 5.30. The standard InChI is InChI=1S/C5H5ClFN3O3/c6-3(7)4(11)8-1-2-9-5(12)13-10-2/h3H,1H2,(H,8,11)(H,9,10,12). The molecular weight excluding hydrogens is 205 g/mol. The van der Waals surface area contributed by atoms with Crippen molar-refractivity contribution < 1.29 is 13.7 Å². The molecule has 0 bridgehead atoms. The second-order valence-corrected chi connectivity index (χ2v) is 2.44. The first kappa shape index (κ1) is 9.72. The SMILES string of the molecule is O=C(NCc1noc(=O)[nH]1)C(F)Cl. The van der Waals surface area contributed by atoms with Gasteiger partial charge in [-0.3, -0.25) is 14.3 Å². The van der Waals surface area contributed by atoms with Crippen LogP contribution in [-0.2, 0) is 11.3 Å². The summed E-state index contributed by atoms with van der Waals surface area (Å²) in [6, 6.07) is 0. The molecule has 2 N–H and O–H groups in total. The van der Waals surface area contributed by atoms with Crippen LogP contribution in [0.25, 0.3) is 0 Å². The van der Waals surface area contributed by atoms with Gasteiger partial charge >= 0.3 is 5.76 Å². The van der Waals surface area contributed by atoms with E-state index in [4.69, 9.17) is 11.6 Å². The Morgan fingerprint density at radius 2 is 2.54 bits per heavy atom. The van der Waals surface area contributed by atoms with E-state index >= 15 is 0 Å². The third-order valence-corrected chi connectivity index (χ3v) is 1.31. The smallest absolute Gasteiger partial charge is 0.345 e. The normalized spacial score (nSPS) is 12.5. The van der Waals surface area contributed by atoms with Gasteiger partial charge in [0.1, 0.15) is 0 Å². The predicted molar refractivity (Wildman–Crippen MR) is 39.7 cm³/mol. The van der Waals surface area contributed by atoms with E-state index in [9.17, 15) is 14.0 Å². The van der Waals surface area contributed by atoms with Crippen LogP contribution in [0.4, 0.5) is 4.39 Å². The van der Waals surface area contributed by atoms with Gasteiger partial charge in [0, 0.05) is 0 Å². The van der Waals surface area contributed by atoms with Crippen LogP contribution in [0.15, 0.2) is 9.32 Å². The zero-order chi connectivity index (χ0) is 9.84. The van der Waals surface area contributed by atoms with Gasteiger partial charge in [-0.05, 0) is 0 Å². The second kappa shape index (κ2) is 4.04. The zero-order valence-electron chi connectivity index (χ0n) is 6.21. The zero-order valence-corrected chi connectivity index (χ0v) is 6.97. The highest BCUT2D eigenvalue weighted by Gasteiger charge is 2.13. The van der Waals surface area contributed by atoms with Crippen LogP contribution in [0.1, 0.15) is 5.82 Å². The molecule has 0 spiro atoms. The van der Waals surface area contributed by atoms with Crippen molar-refractivity contribution in [2.75, 3.05) is 0 Å². The molecule has 1 atom stereocenters. The minimum Gasteiger partial charge on any atom is -0.345 e. The lowest BCUT2D eigenvalue weighted by Gasteiger charge is -2.00. The van der Waals surface area contributed by atoms with Gasteiger partial charge in [0.2, 0.25) is 0 Å². The first-order valence-electron chi connectivity index (χ1n) is 3.20. The molecule has 0 fully saturated rings. The van der Waals surface area contributed by atoms with Crippen molar-refractivity contribution in [2.45, 2.75) is 12.2 Å². The van der Waals surface area contributed by atoms with Crippen LogP contribution >= 0.6 is 11.6 Å². The molecular formula is C5H5ClFN3O3. The van der Waals surface area contributed by atoms with Crippen molar-refractivity contribution >= 4 is 17.5 Å². The Kier molecular flexibility index (Phi) is 3.02. The lowest BCUT2D eigenvalue weighted by molar-refractivity contribution is -0.123. The molecule has 1 unspecified atom stereocenters. The predicted octanol–water partition coefficient (Wildman–Crippen LogP) is -0.486. The van der Waals surface area contributed by atoms with Gasteiger partial charge in [0.05, 0.1) is 6.54 Å². The van der Waals surface area contributed by atoms with Crippen molar-refractivity contribution in [2.24, 2.45) is 0 Å². The van der Waals surface area contributed by atoms with E-state index in [0.29, 0.717) is 0 Å². The van der Waals surface area contributed by atoms with Gasteiger partial charge in [-0.25, -0.2) is 9.18 Å². The molecule has 8 heteroatoms. The molecule has 1 rings (SSSR count). The fourth-order valence-corrected chi connectivity index (χ4v) is 0.662. The summed E-state index contributed by atoms with van der Waals surface area (Å²) in [4.78, 5) is 23.1. The third-order valence-electron chi connectivity index (χ3n) is 1.11. The van der Waals surface area contributed by atoms with Crippen molar-refractivity contribution in [1.82, 2.24) is 15.5 Å². The highest BCUT2D eigenvalue weighted by Crippen LogP contribution is 1.96.